The number of benzene rings is 2. The fourth-order valence-corrected chi connectivity index (χ4v) is 2.52. The first kappa shape index (κ1) is 15.8. The molecule has 110 valence electrons. The predicted molar refractivity (Wildman–Crippen MR) is 83.1 cm³/mol. The molecule has 2 nitrogen and oxygen atoms in total. The van der Waals surface area contributed by atoms with Gasteiger partial charge in [0.2, 0.25) is 5.91 Å². The van der Waals surface area contributed by atoms with Crippen molar-refractivity contribution in [1.29, 1.82) is 0 Å². The van der Waals surface area contributed by atoms with Crippen molar-refractivity contribution in [1.82, 2.24) is 5.32 Å². The third kappa shape index (κ3) is 4.19. The molecule has 0 bridgehead atoms. The summed E-state index contributed by atoms with van der Waals surface area (Å²) >= 11 is 12.1. The molecule has 2 aromatic rings. The van der Waals surface area contributed by atoms with Crippen LogP contribution < -0.4 is 5.32 Å². The van der Waals surface area contributed by atoms with Crippen LogP contribution in [0.5, 0.6) is 0 Å². The number of amides is 1. The molecule has 0 aliphatic heterocycles. The van der Waals surface area contributed by atoms with Crippen LogP contribution in [0.2, 0.25) is 10.0 Å². The second-order valence-electron chi connectivity index (χ2n) is 4.72. The average Bonchev–Trinajstić information content (AvgIpc) is 2.43. The van der Waals surface area contributed by atoms with E-state index in [2.05, 4.69) is 5.32 Å². The Bertz CT molecular complexity index is 623. The van der Waals surface area contributed by atoms with Crippen molar-refractivity contribution in [3.63, 3.8) is 0 Å². The normalized spacial score (nSPS) is 12.0. The van der Waals surface area contributed by atoms with Gasteiger partial charge in [-0.05, 0) is 42.3 Å². The zero-order valence-corrected chi connectivity index (χ0v) is 12.9. The van der Waals surface area contributed by atoms with Crippen LogP contribution in [0, 0.1) is 5.82 Å². The van der Waals surface area contributed by atoms with Crippen molar-refractivity contribution >= 4 is 29.1 Å². The molecule has 0 aliphatic carbocycles. The van der Waals surface area contributed by atoms with E-state index in [-0.39, 0.29) is 24.2 Å². The highest BCUT2D eigenvalue weighted by atomic mass is 35.5. The molecule has 0 fully saturated rings. The van der Waals surface area contributed by atoms with Gasteiger partial charge in [-0.2, -0.15) is 0 Å². The first-order chi connectivity index (χ1) is 9.97. The summed E-state index contributed by atoms with van der Waals surface area (Å²) in [5.74, 6) is -0.498. The first-order valence-electron chi connectivity index (χ1n) is 6.45. The van der Waals surface area contributed by atoms with Gasteiger partial charge in [0.05, 0.1) is 12.5 Å². The number of carbonyl (C=O) groups is 1. The first-order valence-corrected chi connectivity index (χ1v) is 7.20. The molecule has 0 aliphatic rings. The van der Waals surface area contributed by atoms with Gasteiger partial charge in [0.15, 0.2) is 0 Å². The molecule has 0 aromatic heterocycles. The molecule has 21 heavy (non-hydrogen) atoms. The summed E-state index contributed by atoms with van der Waals surface area (Å²) in [6.45, 7) is 1.83. The lowest BCUT2D eigenvalue weighted by Crippen LogP contribution is -2.28. The smallest absolute Gasteiger partial charge is 0.225 e. The molecule has 1 atom stereocenters. The van der Waals surface area contributed by atoms with E-state index in [1.807, 2.05) is 6.92 Å². The highest BCUT2D eigenvalue weighted by Crippen LogP contribution is 2.25. The summed E-state index contributed by atoms with van der Waals surface area (Å²) in [5, 5.41) is 3.77. The van der Waals surface area contributed by atoms with Crippen LogP contribution in [0.15, 0.2) is 42.5 Å². The largest absolute Gasteiger partial charge is 0.349 e. The number of hydrogen-bond donors (Lipinski definition) is 1. The van der Waals surface area contributed by atoms with Gasteiger partial charge in [0, 0.05) is 10.0 Å². The third-order valence-corrected chi connectivity index (χ3v) is 3.85. The maximum absolute atomic E-state index is 12.9. The molecule has 1 unspecified atom stereocenters. The molecule has 0 heterocycles. The van der Waals surface area contributed by atoms with Crippen LogP contribution in [0.25, 0.3) is 0 Å². The van der Waals surface area contributed by atoms with Crippen LogP contribution in [0.4, 0.5) is 4.39 Å². The summed E-state index contributed by atoms with van der Waals surface area (Å²) in [6.07, 6.45) is 0.101. The SMILES string of the molecule is CC(NC(=O)Cc1c(Cl)cccc1Cl)c1ccc(F)cc1. The Labute approximate surface area is 132 Å². The van der Waals surface area contributed by atoms with E-state index in [9.17, 15) is 9.18 Å². The molecule has 2 rings (SSSR count). The molecule has 0 radical (unpaired) electrons. The Hall–Kier alpha value is -1.58. The Morgan fingerprint density at radius 1 is 1.14 bits per heavy atom. The van der Waals surface area contributed by atoms with Crippen molar-refractivity contribution in [2.45, 2.75) is 19.4 Å². The van der Waals surface area contributed by atoms with Crippen LogP contribution in [0.3, 0.4) is 0 Å². The maximum atomic E-state index is 12.9. The van der Waals surface area contributed by atoms with E-state index in [0.717, 1.165) is 5.56 Å². The number of halogens is 3. The Kier molecular flexibility index (Phi) is 5.21. The summed E-state index contributed by atoms with van der Waals surface area (Å²) in [5.41, 5.74) is 1.43. The van der Waals surface area contributed by atoms with Gasteiger partial charge < -0.3 is 5.32 Å². The van der Waals surface area contributed by atoms with Crippen LogP contribution >= 0.6 is 23.2 Å². The molecular formula is C16H14Cl2FNO. The predicted octanol–water partition coefficient (Wildman–Crippen LogP) is 4.55. The highest BCUT2D eigenvalue weighted by molar-refractivity contribution is 6.36. The molecular weight excluding hydrogens is 312 g/mol. The quantitative estimate of drug-likeness (QED) is 0.877. The van der Waals surface area contributed by atoms with Gasteiger partial charge in [0.25, 0.3) is 0 Å². The zero-order valence-electron chi connectivity index (χ0n) is 11.4. The summed E-state index contributed by atoms with van der Waals surface area (Å²) in [6, 6.07) is 10.9. The Morgan fingerprint density at radius 2 is 1.71 bits per heavy atom. The van der Waals surface area contributed by atoms with E-state index in [4.69, 9.17) is 23.2 Å². The lowest BCUT2D eigenvalue weighted by atomic mass is 10.1. The number of rotatable bonds is 4. The monoisotopic (exact) mass is 325 g/mol. The minimum atomic E-state index is -0.305. The van der Waals surface area contributed by atoms with Gasteiger partial charge in [0.1, 0.15) is 5.82 Å². The fourth-order valence-electron chi connectivity index (χ4n) is 1.99. The van der Waals surface area contributed by atoms with Gasteiger partial charge in [-0.25, -0.2) is 4.39 Å². The highest BCUT2D eigenvalue weighted by Gasteiger charge is 2.13. The van der Waals surface area contributed by atoms with Crippen molar-refractivity contribution in [2.24, 2.45) is 0 Å². The Morgan fingerprint density at radius 3 is 2.29 bits per heavy atom. The maximum Gasteiger partial charge on any atom is 0.225 e. The standard InChI is InChI=1S/C16H14Cl2FNO/c1-10(11-5-7-12(19)8-6-11)20-16(21)9-13-14(17)3-2-4-15(13)18/h2-8,10H,9H2,1H3,(H,20,21). The minimum Gasteiger partial charge on any atom is -0.349 e. The summed E-state index contributed by atoms with van der Waals surface area (Å²) in [7, 11) is 0. The average molecular weight is 326 g/mol. The zero-order chi connectivity index (χ0) is 15.4. The van der Waals surface area contributed by atoms with E-state index < -0.39 is 0 Å². The van der Waals surface area contributed by atoms with Gasteiger partial charge in [-0.15, -0.1) is 0 Å². The topological polar surface area (TPSA) is 29.1 Å². The van der Waals surface area contributed by atoms with Crippen LogP contribution in [-0.2, 0) is 11.2 Å². The summed E-state index contributed by atoms with van der Waals surface area (Å²) in [4.78, 5) is 12.1. The molecule has 1 N–H and O–H groups in total. The number of hydrogen-bond acceptors (Lipinski definition) is 1. The third-order valence-electron chi connectivity index (χ3n) is 3.15. The fraction of sp³-hybridized carbons (Fsp3) is 0.188. The van der Waals surface area contributed by atoms with E-state index in [1.54, 1.807) is 30.3 Å². The lowest BCUT2D eigenvalue weighted by molar-refractivity contribution is -0.121. The van der Waals surface area contributed by atoms with Crippen molar-refractivity contribution in [3.8, 4) is 0 Å². The number of nitrogens with one attached hydrogen (secondary N) is 1. The van der Waals surface area contributed by atoms with Crippen molar-refractivity contribution in [3.05, 3.63) is 69.5 Å². The molecule has 0 saturated heterocycles. The van der Waals surface area contributed by atoms with Gasteiger partial charge in [-0.1, -0.05) is 41.4 Å². The second kappa shape index (κ2) is 6.92. The van der Waals surface area contributed by atoms with Gasteiger partial charge in [-0.3, -0.25) is 4.79 Å². The number of carbonyl (C=O) groups excluding carboxylic acids is 1. The molecule has 1 amide bonds. The van der Waals surface area contributed by atoms with E-state index in [1.165, 1.54) is 12.1 Å². The van der Waals surface area contributed by atoms with Crippen molar-refractivity contribution < 1.29 is 9.18 Å². The van der Waals surface area contributed by atoms with Crippen LogP contribution in [-0.4, -0.2) is 5.91 Å². The summed E-state index contributed by atoms with van der Waals surface area (Å²) < 4.78 is 12.9. The second-order valence-corrected chi connectivity index (χ2v) is 5.53. The lowest BCUT2D eigenvalue weighted by Gasteiger charge is -2.15. The van der Waals surface area contributed by atoms with Gasteiger partial charge >= 0.3 is 0 Å². The Balaban J connectivity index is 2.03. The van der Waals surface area contributed by atoms with E-state index in [0.29, 0.717) is 15.6 Å². The van der Waals surface area contributed by atoms with Crippen molar-refractivity contribution in [2.75, 3.05) is 0 Å². The molecule has 0 saturated carbocycles. The van der Waals surface area contributed by atoms with E-state index >= 15 is 0 Å². The molecule has 2 aromatic carbocycles. The molecule has 5 heteroatoms. The molecule has 0 spiro atoms. The minimum absolute atomic E-state index is 0.101. The van der Waals surface area contributed by atoms with Crippen LogP contribution in [0.1, 0.15) is 24.1 Å².